The molecule has 1 amide bonds. The number of carbonyl (C=O) groups excluding carboxylic acids is 1. The Morgan fingerprint density at radius 3 is 2.40 bits per heavy atom. The SMILES string of the molecule is CN(CC(=O)Nc1ccc(Cl)cc1)Cc1ccccc1. The Kier molecular flexibility index (Phi) is 5.16. The minimum absolute atomic E-state index is 0.0363. The predicted molar refractivity (Wildman–Crippen MR) is 82.9 cm³/mol. The van der Waals surface area contributed by atoms with Gasteiger partial charge in [-0.2, -0.15) is 0 Å². The van der Waals surface area contributed by atoms with Crippen molar-refractivity contribution in [3.63, 3.8) is 0 Å². The van der Waals surface area contributed by atoms with Crippen molar-refractivity contribution in [1.29, 1.82) is 0 Å². The number of rotatable bonds is 5. The molecule has 0 saturated carbocycles. The molecule has 0 spiro atoms. The van der Waals surface area contributed by atoms with E-state index in [1.54, 1.807) is 24.3 Å². The Morgan fingerprint density at radius 2 is 1.75 bits per heavy atom. The van der Waals surface area contributed by atoms with Crippen LogP contribution in [0.25, 0.3) is 0 Å². The van der Waals surface area contributed by atoms with E-state index in [-0.39, 0.29) is 5.91 Å². The lowest BCUT2D eigenvalue weighted by atomic mass is 10.2. The minimum Gasteiger partial charge on any atom is -0.325 e. The van der Waals surface area contributed by atoms with Gasteiger partial charge in [-0.25, -0.2) is 0 Å². The third-order valence-electron chi connectivity index (χ3n) is 2.84. The maximum Gasteiger partial charge on any atom is 0.238 e. The van der Waals surface area contributed by atoms with Gasteiger partial charge in [0.25, 0.3) is 0 Å². The summed E-state index contributed by atoms with van der Waals surface area (Å²) in [5, 5.41) is 3.50. The zero-order chi connectivity index (χ0) is 14.4. The number of nitrogens with one attached hydrogen (secondary N) is 1. The molecule has 0 aromatic heterocycles. The fourth-order valence-electron chi connectivity index (χ4n) is 1.93. The van der Waals surface area contributed by atoms with Gasteiger partial charge in [-0.3, -0.25) is 9.69 Å². The molecular formula is C16H17ClN2O. The van der Waals surface area contributed by atoms with Gasteiger partial charge in [0.05, 0.1) is 6.54 Å². The molecule has 0 atom stereocenters. The summed E-state index contributed by atoms with van der Waals surface area (Å²) < 4.78 is 0. The second-order valence-corrected chi connectivity index (χ2v) is 5.15. The molecule has 2 rings (SSSR count). The van der Waals surface area contributed by atoms with E-state index in [2.05, 4.69) is 5.32 Å². The van der Waals surface area contributed by atoms with E-state index in [9.17, 15) is 4.79 Å². The van der Waals surface area contributed by atoms with Gasteiger partial charge < -0.3 is 5.32 Å². The van der Waals surface area contributed by atoms with Crippen LogP contribution in [0, 0.1) is 0 Å². The molecule has 0 heterocycles. The summed E-state index contributed by atoms with van der Waals surface area (Å²) in [6, 6.07) is 17.2. The number of benzene rings is 2. The fourth-order valence-corrected chi connectivity index (χ4v) is 2.06. The second kappa shape index (κ2) is 7.08. The van der Waals surface area contributed by atoms with Gasteiger partial charge in [-0.1, -0.05) is 41.9 Å². The molecule has 2 aromatic carbocycles. The number of amides is 1. The van der Waals surface area contributed by atoms with Crippen molar-refractivity contribution in [2.75, 3.05) is 18.9 Å². The first-order valence-electron chi connectivity index (χ1n) is 6.41. The van der Waals surface area contributed by atoms with E-state index in [0.29, 0.717) is 11.6 Å². The third-order valence-corrected chi connectivity index (χ3v) is 3.09. The first-order chi connectivity index (χ1) is 9.63. The molecule has 0 fully saturated rings. The summed E-state index contributed by atoms with van der Waals surface area (Å²) in [6.45, 7) is 1.09. The van der Waals surface area contributed by atoms with Crippen LogP contribution in [0.15, 0.2) is 54.6 Å². The normalized spacial score (nSPS) is 10.6. The molecule has 1 N–H and O–H groups in total. The Balaban J connectivity index is 1.83. The highest BCUT2D eigenvalue weighted by Crippen LogP contribution is 2.13. The molecule has 4 heteroatoms. The number of likely N-dealkylation sites (N-methyl/N-ethyl adjacent to an activating group) is 1. The Morgan fingerprint density at radius 1 is 1.10 bits per heavy atom. The van der Waals surface area contributed by atoms with Gasteiger partial charge in [0, 0.05) is 17.3 Å². The van der Waals surface area contributed by atoms with Gasteiger partial charge in [0.2, 0.25) is 5.91 Å². The van der Waals surface area contributed by atoms with Crippen LogP contribution >= 0.6 is 11.6 Å². The maximum absolute atomic E-state index is 11.9. The highest BCUT2D eigenvalue weighted by molar-refractivity contribution is 6.30. The van der Waals surface area contributed by atoms with Crippen molar-refractivity contribution in [3.05, 3.63) is 65.2 Å². The van der Waals surface area contributed by atoms with E-state index in [1.807, 2.05) is 42.3 Å². The maximum atomic E-state index is 11.9. The number of nitrogens with zero attached hydrogens (tertiary/aromatic N) is 1. The standard InChI is InChI=1S/C16H17ClN2O/c1-19(11-13-5-3-2-4-6-13)12-16(20)18-15-9-7-14(17)8-10-15/h2-10H,11-12H2,1H3,(H,18,20). The van der Waals surface area contributed by atoms with Gasteiger partial charge in [-0.05, 0) is 36.9 Å². The Hall–Kier alpha value is -1.84. The molecule has 0 radical (unpaired) electrons. The molecule has 20 heavy (non-hydrogen) atoms. The molecular weight excluding hydrogens is 272 g/mol. The smallest absolute Gasteiger partial charge is 0.238 e. The van der Waals surface area contributed by atoms with Crippen molar-refractivity contribution in [1.82, 2.24) is 4.90 Å². The van der Waals surface area contributed by atoms with Crippen LogP contribution < -0.4 is 5.32 Å². The highest BCUT2D eigenvalue weighted by Gasteiger charge is 2.07. The largest absolute Gasteiger partial charge is 0.325 e. The molecule has 3 nitrogen and oxygen atoms in total. The van der Waals surface area contributed by atoms with Crippen molar-refractivity contribution in [3.8, 4) is 0 Å². The van der Waals surface area contributed by atoms with Crippen molar-refractivity contribution in [2.45, 2.75) is 6.54 Å². The van der Waals surface area contributed by atoms with E-state index >= 15 is 0 Å². The number of halogens is 1. The van der Waals surface area contributed by atoms with Crippen molar-refractivity contribution < 1.29 is 4.79 Å². The summed E-state index contributed by atoms with van der Waals surface area (Å²) in [5.41, 5.74) is 1.95. The quantitative estimate of drug-likeness (QED) is 0.914. The number of anilines is 1. The first-order valence-corrected chi connectivity index (χ1v) is 6.79. The van der Waals surface area contributed by atoms with Gasteiger partial charge in [0.15, 0.2) is 0 Å². The summed E-state index contributed by atoms with van der Waals surface area (Å²) in [4.78, 5) is 13.9. The van der Waals surface area contributed by atoms with E-state index in [0.717, 1.165) is 12.2 Å². The van der Waals surface area contributed by atoms with Crippen LogP contribution in [-0.4, -0.2) is 24.4 Å². The average molecular weight is 289 g/mol. The Bertz CT molecular complexity index is 554. The van der Waals surface area contributed by atoms with E-state index in [1.165, 1.54) is 5.56 Å². The fraction of sp³-hybridized carbons (Fsp3) is 0.188. The van der Waals surface area contributed by atoms with E-state index in [4.69, 9.17) is 11.6 Å². The van der Waals surface area contributed by atoms with Crippen molar-refractivity contribution >= 4 is 23.2 Å². The first kappa shape index (κ1) is 14.6. The van der Waals surface area contributed by atoms with Crippen LogP contribution in [0.3, 0.4) is 0 Å². The molecule has 0 aliphatic heterocycles. The molecule has 0 saturated heterocycles. The van der Waals surface area contributed by atoms with Crippen LogP contribution in [0.2, 0.25) is 5.02 Å². The highest BCUT2D eigenvalue weighted by atomic mass is 35.5. The lowest BCUT2D eigenvalue weighted by molar-refractivity contribution is -0.117. The predicted octanol–water partition coefficient (Wildman–Crippen LogP) is 3.41. The average Bonchev–Trinajstić information content (AvgIpc) is 2.42. The van der Waals surface area contributed by atoms with Crippen molar-refractivity contribution in [2.24, 2.45) is 0 Å². The zero-order valence-corrected chi connectivity index (χ0v) is 12.1. The van der Waals surface area contributed by atoms with Gasteiger partial charge >= 0.3 is 0 Å². The summed E-state index contributed by atoms with van der Waals surface area (Å²) in [5.74, 6) is -0.0363. The monoisotopic (exact) mass is 288 g/mol. The lowest BCUT2D eigenvalue weighted by Gasteiger charge is -2.16. The van der Waals surface area contributed by atoms with Crippen LogP contribution in [-0.2, 0) is 11.3 Å². The van der Waals surface area contributed by atoms with Crippen LogP contribution in [0.4, 0.5) is 5.69 Å². The van der Waals surface area contributed by atoms with Crippen LogP contribution in [0.5, 0.6) is 0 Å². The number of hydrogen-bond acceptors (Lipinski definition) is 2. The summed E-state index contributed by atoms with van der Waals surface area (Å²) >= 11 is 5.80. The number of hydrogen-bond donors (Lipinski definition) is 1. The summed E-state index contributed by atoms with van der Waals surface area (Å²) in [7, 11) is 1.93. The lowest BCUT2D eigenvalue weighted by Crippen LogP contribution is -2.29. The molecule has 0 aliphatic rings. The minimum atomic E-state index is -0.0363. The van der Waals surface area contributed by atoms with E-state index < -0.39 is 0 Å². The van der Waals surface area contributed by atoms with Gasteiger partial charge in [0.1, 0.15) is 0 Å². The molecule has 104 valence electrons. The molecule has 0 aliphatic carbocycles. The number of carbonyl (C=O) groups is 1. The Labute approximate surface area is 124 Å². The summed E-state index contributed by atoms with van der Waals surface area (Å²) in [6.07, 6.45) is 0. The zero-order valence-electron chi connectivity index (χ0n) is 11.3. The van der Waals surface area contributed by atoms with Crippen LogP contribution in [0.1, 0.15) is 5.56 Å². The third kappa shape index (κ3) is 4.68. The van der Waals surface area contributed by atoms with Gasteiger partial charge in [-0.15, -0.1) is 0 Å². The molecule has 0 unspecified atom stereocenters. The topological polar surface area (TPSA) is 32.3 Å². The molecule has 0 bridgehead atoms. The molecule has 2 aromatic rings. The second-order valence-electron chi connectivity index (χ2n) is 4.71.